The van der Waals surface area contributed by atoms with Gasteiger partial charge in [0, 0.05) is 30.8 Å². The van der Waals surface area contributed by atoms with Crippen LogP contribution in [0.2, 0.25) is 0 Å². The Morgan fingerprint density at radius 1 is 1.21 bits per heavy atom. The van der Waals surface area contributed by atoms with Crippen LogP contribution in [-0.2, 0) is 19.1 Å². The molecule has 1 saturated carbocycles. The molecule has 1 N–H and O–H groups in total. The highest BCUT2D eigenvalue weighted by atomic mass is 19.2. The van der Waals surface area contributed by atoms with Crippen molar-refractivity contribution in [2.75, 3.05) is 18.5 Å². The SMILES string of the molecule is C[C@@H]1[C@H](C)CCC[C@@H]1N1C[C@H](C(=O)OCC(=O)Nc2ccc(F)c(F)c2)CC1=O. The lowest BCUT2D eigenvalue weighted by Gasteiger charge is -2.39. The van der Waals surface area contributed by atoms with Crippen molar-refractivity contribution in [3.05, 3.63) is 29.8 Å². The Morgan fingerprint density at radius 2 is 1.97 bits per heavy atom. The topological polar surface area (TPSA) is 75.7 Å². The largest absolute Gasteiger partial charge is 0.455 e. The lowest BCUT2D eigenvalue weighted by Crippen LogP contribution is -2.45. The van der Waals surface area contributed by atoms with Crippen molar-refractivity contribution >= 4 is 23.5 Å². The van der Waals surface area contributed by atoms with E-state index in [0.717, 1.165) is 31.4 Å². The Labute approximate surface area is 168 Å². The Balaban J connectivity index is 1.50. The number of nitrogens with zero attached hydrogens (tertiary/aromatic N) is 1. The Kier molecular flexibility index (Phi) is 6.49. The molecule has 0 aromatic heterocycles. The van der Waals surface area contributed by atoms with Gasteiger partial charge in [-0.2, -0.15) is 0 Å². The zero-order valence-corrected chi connectivity index (χ0v) is 16.6. The predicted molar refractivity (Wildman–Crippen MR) is 102 cm³/mol. The molecule has 1 heterocycles. The summed E-state index contributed by atoms with van der Waals surface area (Å²) in [7, 11) is 0. The van der Waals surface area contributed by atoms with Crippen molar-refractivity contribution in [3.63, 3.8) is 0 Å². The minimum absolute atomic E-state index is 0.0517. The number of rotatable bonds is 5. The number of nitrogens with one attached hydrogen (secondary N) is 1. The number of halogens is 2. The second-order valence-electron chi connectivity index (χ2n) is 8.07. The zero-order chi connectivity index (χ0) is 21.1. The lowest BCUT2D eigenvalue weighted by molar-refractivity contribution is -0.151. The molecular weight excluding hydrogens is 382 g/mol. The first-order valence-electron chi connectivity index (χ1n) is 9.97. The molecule has 158 valence electrons. The number of hydrogen-bond donors (Lipinski definition) is 1. The Hall–Kier alpha value is -2.51. The van der Waals surface area contributed by atoms with E-state index in [1.807, 2.05) is 0 Å². The first-order valence-corrected chi connectivity index (χ1v) is 9.97. The van der Waals surface area contributed by atoms with Gasteiger partial charge in [-0.25, -0.2) is 8.78 Å². The maximum absolute atomic E-state index is 13.2. The van der Waals surface area contributed by atoms with Crippen LogP contribution >= 0.6 is 0 Å². The number of hydrogen-bond acceptors (Lipinski definition) is 4. The van der Waals surface area contributed by atoms with Crippen molar-refractivity contribution < 1.29 is 27.9 Å². The molecule has 1 saturated heterocycles. The van der Waals surface area contributed by atoms with Crippen molar-refractivity contribution in [2.24, 2.45) is 17.8 Å². The molecule has 1 aromatic rings. The minimum Gasteiger partial charge on any atom is -0.455 e. The first kappa shape index (κ1) is 21.2. The standard InChI is InChI=1S/C21H26F2N2O4/c1-12-4-3-5-18(13(12)2)25-10-14(8-20(25)27)21(28)29-11-19(26)24-15-6-7-16(22)17(23)9-15/h6-7,9,12-14,18H,3-5,8,10-11H2,1-2H3,(H,24,26)/t12-,13-,14-,18+/m1/s1. The average molecular weight is 408 g/mol. The van der Waals surface area contributed by atoms with E-state index < -0.39 is 36.0 Å². The first-order chi connectivity index (χ1) is 13.8. The number of carbonyl (C=O) groups excluding carboxylic acids is 3. The molecule has 8 heteroatoms. The highest BCUT2D eigenvalue weighted by Crippen LogP contribution is 2.35. The molecule has 2 aliphatic rings. The van der Waals surface area contributed by atoms with Crippen molar-refractivity contribution in [3.8, 4) is 0 Å². The number of ether oxygens (including phenoxy) is 1. The molecule has 29 heavy (non-hydrogen) atoms. The molecule has 6 nitrogen and oxygen atoms in total. The fourth-order valence-electron chi connectivity index (χ4n) is 4.23. The van der Waals surface area contributed by atoms with Gasteiger partial charge in [0.15, 0.2) is 18.2 Å². The van der Waals surface area contributed by atoms with Crippen LogP contribution in [0.15, 0.2) is 18.2 Å². The summed E-state index contributed by atoms with van der Waals surface area (Å²) in [4.78, 5) is 38.5. The molecule has 1 aliphatic carbocycles. The van der Waals surface area contributed by atoms with E-state index in [-0.39, 0.29) is 24.1 Å². The van der Waals surface area contributed by atoms with Crippen LogP contribution in [0.3, 0.4) is 0 Å². The third-order valence-electron chi connectivity index (χ3n) is 6.10. The lowest BCUT2D eigenvalue weighted by atomic mass is 9.77. The average Bonchev–Trinajstić information content (AvgIpc) is 3.06. The quantitative estimate of drug-likeness (QED) is 0.760. The van der Waals surface area contributed by atoms with E-state index in [9.17, 15) is 23.2 Å². The van der Waals surface area contributed by atoms with Gasteiger partial charge >= 0.3 is 5.97 Å². The molecule has 0 bridgehead atoms. The van der Waals surface area contributed by atoms with E-state index in [1.54, 1.807) is 4.90 Å². The summed E-state index contributed by atoms with van der Waals surface area (Å²) >= 11 is 0. The van der Waals surface area contributed by atoms with Crippen LogP contribution in [0.4, 0.5) is 14.5 Å². The maximum atomic E-state index is 13.2. The van der Waals surface area contributed by atoms with E-state index in [2.05, 4.69) is 19.2 Å². The number of benzene rings is 1. The van der Waals surface area contributed by atoms with E-state index in [4.69, 9.17) is 4.74 Å². The van der Waals surface area contributed by atoms with Crippen LogP contribution in [0.1, 0.15) is 39.5 Å². The van der Waals surface area contributed by atoms with Crippen molar-refractivity contribution in [1.29, 1.82) is 0 Å². The Bertz CT molecular complexity index is 801. The third kappa shape index (κ3) is 4.92. The van der Waals surface area contributed by atoms with Gasteiger partial charge in [0.05, 0.1) is 5.92 Å². The van der Waals surface area contributed by atoms with Gasteiger partial charge in [-0.15, -0.1) is 0 Å². The van der Waals surface area contributed by atoms with Gasteiger partial charge in [0.2, 0.25) is 5.91 Å². The summed E-state index contributed by atoms with van der Waals surface area (Å²) in [5, 5.41) is 2.34. The minimum atomic E-state index is -1.09. The van der Waals surface area contributed by atoms with Gasteiger partial charge in [-0.3, -0.25) is 14.4 Å². The summed E-state index contributed by atoms with van der Waals surface area (Å²) in [6.07, 6.45) is 3.24. The third-order valence-corrected chi connectivity index (χ3v) is 6.10. The molecule has 2 amide bonds. The zero-order valence-electron chi connectivity index (χ0n) is 16.6. The van der Waals surface area contributed by atoms with Gasteiger partial charge < -0.3 is 15.0 Å². The molecule has 1 aliphatic heterocycles. The van der Waals surface area contributed by atoms with E-state index >= 15 is 0 Å². The number of anilines is 1. The fraction of sp³-hybridized carbons (Fsp3) is 0.571. The summed E-state index contributed by atoms with van der Waals surface area (Å²) in [6, 6.07) is 3.08. The number of esters is 1. The predicted octanol–water partition coefficient (Wildman–Crippen LogP) is 3.12. The van der Waals surface area contributed by atoms with E-state index in [1.165, 1.54) is 6.07 Å². The van der Waals surface area contributed by atoms with Crippen LogP contribution in [-0.4, -0.2) is 41.9 Å². The fourth-order valence-corrected chi connectivity index (χ4v) is 4.23. The van der Waals surface area contributed by atoms with Crippen LogP contribution < -0.4 is 5.32 Å². The number of amides is 2. The second-order valence-corrected chi connectivity index (χ2v) is 8.07. The smallest absolute Gasteiger partial charge is 0.311 e. The van der Waals surface area contributed by atoms with E-state index in [0.29, 0.717) is 18.4 Å². The van der Waals surface area contributed by atoms with Crippen LogP contribution in [0, 0.1) is 29.4 Å². The molecule has 1 aromatic carbocycles. The summed E-state index contributed by atoms with van der Waals surface area (Å²) in [5.74, 6) is -3.11. The monoisotopic (exact) mass is 408 g/mol. The molecular formula is C21H26F2N2O4. The van der Waals surface area contributed by atoms with Crippen molar-refractivity contribution in [2.45, 2.75) is 45.6 Å². The van der Waals surface area contributed by atoms with Gasteiger partial charge in [-0.05, 0) is 30.4 Å². The van der Waals surface area contributed by atoms with Gasteiger partial charge in [0.1, 0.15) is 0 Å². The summed E-state index contributed by atoms with van der Waals surface area (Å²) in [6.45, 7) is 4.09. The van der Waals surface area contributed by atoms with Crippen LogP contribution in [0.5, 0.6) is 0 Å². The number of likely N-dealkylation sites (tertiary alicyclic amines) is 1. The van der Waals surface area contributed by atoms with Crippen LogP contribution in [0.25, 0.3) is 0 Å². The van der Waals surface area contributed by atoms with Crippen molar-refractivity contribution in [1.82, 2.24) is 4.90 Å². The second kappa shape index (κ2) is 8.88. The Morgan fingerprint density at radius 3 is 2.69 bits per heavy atom. The highest BCUT2D eigenvalue weighted by molar-refractivity contribution is 5.93. The molecule has 0 spiro atoms. The van der Waals surface area contributed by atoms with Gasteiger partial charge in [-0.1, -0.05) is 26.7 Å². The maximum Gasteiger partial charge on any atom is 0.311 e. The summed E-state index contributed by atoms with van der Waals surface area (Å²) in [5.41, 5.74) is 0.0626. The molecule has 3 rings (SSSR count). The van der Waals surface area contributed by atoms with Gasteiger partial charge in [0.25, 0.3) is 5.91 Å². The number of carbonyl (C=O) groups is 3. The highest BCUT2D eigenvalue weighted by Gasteiger charge is 2.42. The summed E-state index contributed by atoms with van der Waals surface area (Å²) < 4.78 is 31.1. The normalized spacial score (nSPS) is 27.0. The molecule has 0 radical (unpaired) electrons. The molecule has 2 fully saturated rings. The molecule has 4 atom stereocenters. The molecule has 0 unspecified atom stereocenters.